The number of phenolic OH excluding ortho intramolecular Hbond substituents is 1. The molecule has 1 aromatic heterocycles. The summed E-state index contributed by atoms with van der Waals surface area (Å²) in [5, 5.41) is 14.6. The van der Waals surface area contributed by atoms with E-state index in [1.54, 1.807) is 19.4 Å². The molecule has 0 saturated carbocycles. The minimum absolute atomic E-state index is 0.128. The molecular weight excluding hydrogens is 302 g/mol. The van der Waals surface area contributed by atoms with E-state index in [9.17, 15) is 5.11 Å². The number of hydrogen-bond donors (Lipinski definition) is 1. The molecule has 1 heterocycles. The van der Waals surface area contributed by atoms with E-state index < -0.39 is 0 Å². The fraction of sp³-hybridized carbons (Fsp3) is 0.250. The second-order valence-corrected chi connectivity index (χ2v) is 5.91. The van der Waals surface area contributed by atoms with E-state index in [4.69, 9.17) is 9.26 Å². The van der Waals surface area contributed by atoms with E-state index in [2.05, 4.69) is 31.1 Å². The minimum Gasteiger partial charge on any atom is -0.507 e. The van der Waals surface area contributed by atoms with Crippen molar-refractivity contribution in [1.82, 2.24) is 5.16 Å². The first-order valence-corrected chi connectivity index (χ1v) is 7.97. The number of aryl methyl sites for hydroxylation is 3. The van der Waals surface area contributed by atoms with Crippen LogP contribution in [0, 0.1) is 13.8 Å². The lowest BCUT2D eigenvalue weighted by Crippen LogP contribution is -1.93. The van der Waals surface area contributed by atoms with Crippen LogP contribution in [-0.2, 0) is 6.42 Å². The topological polar surface area (TPSA) is 55.5 Å². The number of benzene rings is 2. The summed E-state index contributed by atoms with van der Waals surface area (Å²) in [6.45, 7) is 6.20. The lowest BCUT2D eigenvalue weighted by atomic mass is 9.96. The molecule has 4 nitrogen and oxygen atoms in total. The van der Waals surface area contributed by atoms with E-state index >= 15 is 0 Å². The van der Waals surface area contributed by atoms with E-state index in [1.165, 1.54) is 11.1 Å². The molecule has 3 rings (SSSR count). The highest BCUT2D eigenvalue weighted by atomic mass is 16.5. The van der Waals surface area contributed by atoms with Gasteiger partial charge in [0.15, 0.2) is 0 Å². The maximum absolute atomic E-state index is 10.4. The van der Waals surface area contributed by atoms with Gasteiger partial charge in [0.05, 0.1) is 7.11 Å². The van der Waals surface area contributed by atoms with E-state index in [-0.39, 0.29) is 5.75 Å². The van der Waals surface area contributed by atoms with Crippen molar-refractivity contribution < 1.29 is 14.4 Å². The van der Waals surface area contributed by atoms with Crippen molar-refractivity contribution in [2.45, 2.75) is 27.2 Å². The predicted molar refractivity (Wildman–Crippen MR) is 94.4 cm³/mol. The summed E-state index contributed by atoms with van der Waals surface area (Å²) < 4.78 is 10.5. The van der Waals surface area contributed by atoms with Gasteiger partial charge in [0.25, 0.3) is 0 Å². The van der Waals surface area contributed by atoms with Gasteiger partial charge in [-0.15, -0.1) is 0 Å². The van der Waals surface area contributed by atoms with Gasteiger partial charge in [-0.1, -0.05) is 30.3 Å². The molecule has 0 amide bonds. The van der Waals surface area contributed by atoms with Crippen molar-refractivity contribution in [3.8, 4) is 33.9 Å². The molecule has 0 spiro atoms. The highest BCUT2D eigenvalue weighted by Gasteiger charge is 2.18. The lowest BCUT2D eigenvalue weighted by molar-refractivity contribution is 0.403. The van der Waals surface area contributed by atoms with E-state index in [1.807, 2.05) is 19.1 Å². The Morgan fingerprint density at radius 3 is 2.54 bits per heavy atom. The summed E-state index contributed by atoms with van der Waals surface area (Å²) >= 11 is 0. The second kappa shape index (κ2) is 6.40. The molecule has 0 unspecified atom stereocenters. The van der Waals surface area contributed by atoms with E-state index in [0.717, 1.165) is 23.1 Å². The SMILES string of the molecule is CCc1cc(-c2nocc2-c2ccc(C)c(C)c2)c(O)cc1OC. The summed E-state index contributed by atoms with van der Waals surface area (Å²) in [7, 11) is 1.60. The van der Waals surface area contributed by atoms with Gasteiger partial charge in [-0.2, -0.15) is 0 Å². The molecule has 0 aliphatic rings. The number of methoxy groups -OCH3 is 1. The van der Waals surface area contributed by atoms with Gasteiger partial charge in [-0.3, -0.25) is 0 Å². The molecule has 124 valence electrons. The average Bonchev–Trinajstić information content (AvgIpc) is 3.06. The molecule has 0 fully saturated rings. The van der Waals surface area contributed by atoms with Crippen LogP contribution >= 0.6 is 0 Å². The molecule has 0 aliphatic heterocycles. The van der Waals surface area contributed by atoms with Gasteiger partial charge in [0.1, 0.15) is 23.5 Å². The standard InChI is InChI=1S/C20H21NO3/c1-5-14-9-16(18(22)10-19(14)23-4)20-17(11-24-21-20)15-7-6-12(2)13(3)8-15/h6-11,22H,5H2,1-4H3. The summed E-state index contributed by atoms with van der Waals surface area (Å²) in [5.41, 5.74) is 6.61. The van der Waals surface area contributed by atoms with Crippen molar-refractivity contribution in [2.75, 3.05) is 7.11 Å². The van der Waals surface area contributed by atoms with Crippen molar-refractivity contribution in [3.05, 3.63) is 53.3 Å². The fourth-order valence-electron chi connectivity index (χ4n) is 2.81. The quantitative estimate of drug-likeness (QED) is 0.742. The number of aromatic nitrogens is 1. The van der Waals surface area contributed by atoms with Gasteiger partial charge in [0.2, 0.25) is 0 Å². The molecule has 0 aliphatic carbocycles. The molecule has 0 bridgehead atoms. The predicted octanol–water partition coefficient (Wildman–Crippen LogP) is 4.90. The molecular formula is C20H21NO3. The number of phenols is 1. The van der Waals surface area contributed by atoms with Crippen LogP contribution in [-0.4, -0.2) is 17.4 Å². The zero-order valence-corrected chi connectivity index (χ0v) is 14.4. The van der Waals surface area contributed by atoms with Gasteiger partial charge in [0, 0.05) is 17.2 Å². The minimum atomic E-state index is 0.128. The average molecular weight is 323 g/mol. The van der Waals surface area contributed by atoms with Crippen LogP contribution in [0.5, 0.6) is 11.5 Å². The lowest BCUT2D eigenvalue weighted by Gasteiger charge is -2.11. The Kier molecular flexibility index (Phi) is 4.30. The van der Waals surface area contributed by atoms with Crippen molar-refractivity contribution >= 4 is 0 Å². The van der Waals surface area contributed by atoms with Gasteiger partial charge < -0.3 is 14.4 Å². The van der Waals surface area contributed by atoms with Gasteiger partial charge in [-0.25, -0.2) is 0 Å². The Morgan fingerprint density at radius 2 is 1.88 bits per heavy atom. The van der Waals surface area contributed by atoms with Crippen LogP contribution in [0.3, 0.4) is 0 Å². The third kappa shape index (κ3) is 2.75. The second-order valence-electron chi connectivity index (χ2n) is 5.91. The zero-order chi connectivity index (χ0) is 17.3. The van der Waals surface area contributed by atoms with Gasteiger partial charge in [-0.05, 0) is 48.6 Å². The molecule has 24 heavy (non-hydrogen) atoms. The molecule has 1 N–H and O–H groups in total. The summed E-state index contributed by atoms with van der Waals surface area (Å²) in [4.78, 5) is 0. The first-order chi connectivity index (χ1) is 11.5. The summed E-state index contributed by atoms with van der Waals surface area (Å²) in [6, 6.07) is 9.77. The Morgan fingerprint density at radius 1 is 1.08 bits per heavy atom. The molecule has 4 heteroatoms. The monoisotopic (exact) mass is 323 g/mol. The van der Waals surface area contributed by atoms with Crippen molar-refractivity contribution in [1.29, 1.82) is 0 Å². The van der Waals surface area contributed by atoms with Crippen molar-refractivity contribution in [3.63, 3.8) is 0 Å². The van der Waals surface area contributed by atoms with Gasteiger partial charge >= 0.3 is 0 Å². The van der Waals surface area contributed by atoms with Crippen LogP contribution in [0.15, 0.2) is 41.1 Å². The summed E-state index contributed by atoms with van der Waals surface area (Å²) in [5.74, 6) is 0.804. The smallest absolute Gasteiger partial charge is 0.132 e. The maximum Gasteiger partial charge on any atom is 0.132 e. The number of rotatable bonds is 4. The van der Waals surface area contributed by atoms with E-state index in [0.29, 0.717) is 17.0 Å². The molecule has 0 saturated heterocycles. The van der Waals surface area contributed by atoms with Crippen LogP contribution in [0.2, 0.25) is 0 Å². The molecule has 0 radical (unpaired) electrons. The molecule has 3 aromatic rings. The Bertz CT molecular complexity index is 881. The first kappa shape index (κ1) is 16.1. The summed E-state index contributed by atoms with van der Waals surface area (Å²) in [6.07, 6.45) is 2.42. The number of ether oxygens (including phenoxy) is 1. The number of aromatic hydroxyl groups is 1. The zero-order valence-electron chi connectivity index (χ0n) is 14.4. The highest BCUT2D eigenvalue weighted by molar-refractivity contribution is 5.83. The fourth-order valence-corrected chi connectivity index (χ4v) is 2.81. The third-order valence-electron chi connectivity index (χ3n) is 4.42. The van der Waals surface area contributed by atoms with Crippen molar-refractivity contribution in [2.24, 2.45) is 0 Å². The molecule has 2 aromatic carbocycles. The Balaban J connectivity index is 2.15. The number of nitrogens with zero attached hydrogens (tertiary/aromatic N) is 1. The number of hydrogen-bond acceptors (Lipinski definition) is 4. The van der Waals surface area contributed by atoms with Crippen LogP contribution in [0.1, 0.15) is 23.6 Å². The Labute approximate surface area is 141 Å². The van der Waals surface area contributed by atoms with Crippen LogP contribution in [0.25, 0.3) is 22.4 Å². The van der Waals surface area contributed by atoms with Crippen LogP contribution in [0.4, 0.5) is 0 Å². The Hall–Kier alpha value is -2.75. The highest BCUT2D eigenvalue weighted by Crippen LogP contribution is 2.39. The van der Waals surface area contributed by atoms with Crippen LogP contribution < -0.4 is 4.74 Å². The maximum atomic E-state index is 10.4. The first-order valence-electron chi connectivity index (χ1n) is 7.97. The largest absolute Gasteiger partial charge is 0.507 e. The molecule has 0 atom stereocenters. The normalized spacial score (nSPS) is 10.8. The third-order valence-corrected chi connectivity index (χ3v) is 4.42.